The van der Waals surface area contributed by atoms with Gasteiger partial charge in [-0.15, -0.1) is 0 Å². The standard InChI is InChI=1S/C30H48O2/c1-25(2)15-17-30(24(31)32)18-16-28(6)20(21(30)19-25)9-10-23-27(5)13-8-12-26(3,4)22(27)11-14-29(23,28)7/h8,13,20-23H,9-12,14-19H2,1-7H3,(H,31,32)/t20-,21+,22+,23-,27+,28-,29-,30+/m1/s1. The molecule has 0 spiro atoms. The molecular formula is C30H48O2. The Labute approximate surface area is 197 Å². The monoisotopic (exact) mass is 440 g/mol. The highest BCUT2D eigenvalue weighted by Gasteiger charge is 2.70. The normalized spacial score (nSPS) is 53.3. The lowest BCUT2D eigenvalue weighted by molar-refractivity contribution is -0.233. The van der Waals surface area contributed by atoms with Crippen molar-refractivity contribution in [3.05, 3.63) is 12.2 Å². The van der Waals surface area contributed by atoms with Crippen molar-refractivity contribution in [2.45, 2.75) is 113 Å². The maximum Gasteiger partial charge on any atom is 0.309 e. The van der Waals surface area contributed by atoms with E-state index in [0.717, 1.165) is 43.9 Å². The first kappa shape index (κ1) is 23.0. The summed E-state index contributed by atoms with van der Waals surface area (Å²) < 4.78 is 0. The quantitative estimate of drug-likeness (QED) is 0.418. The molecule has 5 aliphatic carbocycles. The van der Waals surface area contributed by atoms with Gasteiger partial charge in [0.1, 0.15) is 0 Å². The molecule has 0 saturated heterocycles. The van der Waals surface area contributed by atoms with Crippen LogP contribution >= 0.6 is 0 Å². The molecule has 0 aromatic rings. The van der Waals surface area contributed by atoms with Gasteiger partial charge in [-0.3, -0.25) is 4.79 Å². The lowest BCUT2D eigenvalue weighted by Gasteiger charge is -2.72. The number of aliphatic carboxylic acids is 1. The fraction of sp³-hybridized carbons (Fsp3) is 0.900. The molecule has 0 aromatic heterocycles. The number of fused-ring (bicyclic) bond motifs is 7. The summed E-state index contributed by atoms with van der Waals surface area (Å²) in [5, 5.41) is 10.5. The number of carboxylic acid groups (broad SMARTS) is 1. The minimum atomic E-state index is -0.486. The van der Waals surface area contributed by atoms with Crippen LogP contribution in [0.1, 0.15) is 113 Å². The second-order valence-electron chi connectivity index (χ2n) is 15.1. The van der Waals surface area contributed by atoms with Crippen LogP contribution in [0.2, 0.25) is 0 Å². The second kappa shape index (κ2) is 6.66. The van der Waals surface area contributed by atoms with Crippen LogP contribution in [0.4, 0.5) is 0 Å². The largest absolute Gasteiger partial charge is 0.481 e. The average molecular weight is 441 g/mol. The number of rotatable bonds is 1. The van der Waals surface area contributed by atoms with Crippen LogP contribution < -0.4 is 0 Å². The van der Waals surface area contributed by atoms with Gasteiger partial charge in [-0.1, -0.05) is 60.6 Å². The topological polar surface area (TPSA) is 37.3 Å². The van der Waals surface area contributed by atoms with E-state index in [2.05, 4.69) is 60.6 Å². The zero-order chi connectivity index (χ0) is 23.4. The molecule has 5 aliphatic rings. The summed E-state index contributed by atoms with van der Waals surface area (Å²) in [5.41, 5.74) is 1.06. The van der Waals surface area contributed by atoms with E-state index in [9.17, 15) is 9.90 Å². The Hall–Kier alpha value is -0.790. The molecule has 180 valence electrons. The van der Waals surface area contributed by atoms with Gasteiger partial charge in [-0.2, -0.15) is 0 Å². The van der Waals surface area contributed by atoms with E-state index < -0.39 is 11.4 Å². The molecule has 32 heavy (non-hydrogen) atoms. The molecule has 8 atom stereocenters. The van der Waals surface area contributed by atoms with Crippen LogP contribution in [-0.4, -0.2) is 11.1 Å². The van der Waals surface area contributed by atoms with Crippen LogP contribution in [0.3, 0.4) is 0 Å². The summed E-state index contributed by atoms with van der Waals surface area (Å²) in [6.45, 7) is 17.6. The van der Waals surface area contributed by atoms with Gasteiger partial charge in [-0.05, 0) is 115 Å². The summed E-state index contributed by atoms with van der Waals surface area (Å²) in [7, 11) is 0. The second-order valence-corrected chi connectivity index (χ2v) is 15.1. The van der Waals surface area contributed by atoms with Gasteiger partial charge >= 0.3 is 5.97 Å². The number of carboxylic acids is 1. The molecule has 0 aromatic carbocycles. The van der Waals surface area contributed by atoms with E-state index in [1.165, 1.54) is 32.1 Å². The molecule has 4 saturated carbocycles. The highest BCUT2D eigenvalue weighted by atomic mass is 16.4. The van der Waals surface area contributed by atoms with Gasteiger partial charge in [0, 0.05) is 0 Å². The van der Waals surface area contributed by atoms with Crippen LogP contribution in [0.15, 0.2) is 12.2 Å². The van der Waals surface area contributed by atoms with E-state index in [1.807, 2.05) is 0 Å². The van der Waals surface area contributed by atoms with Crippen molar-refractivity contribution >= 4 is 5.97 Å². The molecule has 5 rings (SSSR count). The third-order valence-corrected chi connectivity index (χ3v) is 12.9. The highest BCUT2D eigenvalue weighted by Crippen LogP contribution is 2.76. The number of allylic oxidation sites excluding steroid dienone is 2. The molecule has 0 radical (unpaired) electrons. The molecule has 0 heterocycles. The summed E-state index contributed by atoms with van der Waals surface area (Å²) in [6, 6.07) is 0. The van der Waals surface area contributed by atoms with E-state index in [-0.39, 0.29) is 16.2 Å². The fourth-order valence-corrected chi connectivity index (χ4v) is 10.9. The minimum absolute atomic E-state index is 0.260. The average Bonchev–Trinajstić information content (AvgIpc) is 2.67. The summed E-state index contributed by atoms with van der Waals surface area (Å²) in [4.78, 5) is 12.8. The molecule has 2 nitrogen and oxygen atoms in total. The third-order valence-electron chi connectivity index (χ3n) is 12.9. The van der Waals surface area contributed by atoms with Crippen molar-refractivity contribution in [1.82, 2.24) is 0 Å². The lowest BCUT2D eigenvalue weighted by atomic mass is 9.32. The maximum atomic E-state index is 12.8. The first-order valence-corrected chi connectivity index (χ1v) is 13.6. The minimum Gasteiger partial charge on any atom is -0.481 e. The Morgan fingerprint density at radius 3 is 2.16 bits per heavy atom. The molecule has 2 heteroatoms. The van der Waals surface area contributed by atoms with Crippen molar-refractivity contribution in [2.75, 3.05) is 0 Å². The van der Waals surface area contributed by atoms with E-state index >= 15 is 0 Å². The first-order chi connectivity index (χ1) is 14.7. The molecule has 0 aliphatic heterocycles. The van der Waals surface area contributed by atoms with Crippen LogP contribution in [0.25, 0.3) is 0 Å². The predicted octanol–water partition coefficient (Wildman–Crippen LogP) is 8.12. The van der Waals surface area contributed by atoms with Crippen LogP contribution in [0.5, 0.6) is 0 Å². The van der Waals surface area contributed by atoms with E-state index in [1.54, 1.807) is 0 Å². The molecule has 0 amide bonds. The maximum absolute atomic E-state index is 12.8. The molecule has 0 unspecified atom stereocenters. The predicted molar refractivity (Wildman–Crippen MR) is 131 cm³/mol. The summed E-state index contributed by atoms with van der Waals surface area (Å²) in [5.74, 6) is 1.92. The first-order valence-electron chi connectivity index (χ1n) is 13.6. The number of hydrogen-bond acceptors (Lipinski definition) is 1. The zero-order valence-corrected chi connectivity index (χ0v) is 21.9. The Balaban J connectivity index is 1.56. The summed E-state index contributed by atoms with van der Waals surface area (Å²) in [6.07, 6.45) is 16.6. The van der Waals surface area contributed by atoms with E-state index in [0.29, 0.717) is 22.7 Å². The van der Waals surface area contributed by atoms with Crippen molar-refractivity contribution in [2.24, 2.45) is 56.2 Å². The lowest BCUT2D eigenvalue weighted by Crippen LogP contribution is -2.66. The molecular weight excluding hydrogens is 392 g/mol. The fourth-order valence-electron chi connectivity index (χ4n) is 10.9. The van der Waals surface area contributed by atoms with Gasteiger partial charge < -0.3 is 5.11 Å². The molecule has 0 bridgehead atoms. The zero-order valence-electron chi connectivity index (χ0n) is 21.9. The molecule has 1 N–H and O–H groups in total. The van der Waals surface area contributed by atoms with Gasteiger partial charge in [0.2, 0.25) is 0 Å². The van der Waals surface area contributed by atoms with Crippen molar-refractivity contribution in [3.8, 4) is 0 Å². The Morgan fingerprint density at radius 2 is 1.47 bits per heavy atom. The van der Waals surface area contributed by atoms with Crippen molar-refractivity contribution in [3.63, 3.8) is 0 Å². The number of hydrogen-bond donors (Lipinski definition) is 1. The third kappa shape index (κ3) is 2.73. The summed E-state index contributed by atoms with van der Waals surface area (Å²) >= 11 is 0. The van der Waals surface area contributed by atoms with Crippen molar-refractivity contribution in [1.29, 1.82) is 0 Å². The van der Waals surface area contributed by atoms with Crippen molar-refractivity contribution < 1.29 is 9.90 Å². The molecule has 4 fully saturated rings. The Morgan fingerprint density at radius 1 is 0.781 bits per heavy atom. The van der Waals surface area contributed by atoms with Crippen LogP contribution in [-0.2, 0) is 4.79 Å². The van der Waals surface area contributed by atoms with Gasteiger partial charge in [-0.25, -0.2) is 0 Å². The Bertz CT molecular complexity index is 838. The SMILES string of the molecule is CC1(C)CC[C@]2(C(=O)O)CC[C@]3(C)[C@H](CC[C@@H]4[C@@]5(C)C=CCC(C)(C)[C@@H]5CC[C@]43C)[C@@H]2C1. The Kier molecular flexibility index (Phi) is 4.78. The highest BCUT2D eigenvalue weighted by molar-refractivity contribution is 5.75. The van der Waals surface area contributed by atoms with Crippen LogP contribution in [0, 0.1) is 56.2 Å². The smallest absolute Gasteiger partial charge is 0.309 e. The van der Waals surface area contributed by atoms with Gasteiger partial charge in [0.05, 0.1) is 5.41 Å². The van der Waals surface area contributed by atoms with Gasteiger partial charge in [0.15, 0.2) is 0 Å². The van der Waals surface area contributed by atoms with E-state index in [4.69, 9.17) is 0 Å². The number of carbonyl (C=O) groups is 1. The van der Waals surface area contributed by atoms with Gasteiger partial charge in [0.25, 0.3) is 0 Å².